The summed E-state index contributed by atoms with van der Waals surface area (Å²) in [6.07, 6.45) is 0.655. The summed E-state index contributed by atoms with van der Waals surface area (Å²) in [7, 11) is -6.05. The number of esters is 1. The molecular formula is C21H26O6PS+. The fraction of sp³-hybridized carbons (Fsp3) is 0.381. The Kier molecular flexibility index (Phi) is 8.96. The third kappa shape index (κ3) is 7.69. The molecular weight excluding hydrogens is 411 g/mol. The molecule has 0 radical (unpaired) electrons. The zero-order valence-electron chi connectivity index (χ0n) is 16.6. The van der Waals surface area contributed by atoms with E-state index in [0.29, 0.717) is 12.8 Å². The molecule has 0 saturated carbocycles. The number of carbonyl (C=O) groups is 1. The predicted molar refractivity (Wildman–Crippen MR) is 112 cm³/mol. The molecule has 0 spiro atoms. The predicted octanol–water partition coefficient (Wildman–Crippen LogP) is 4.30. The van der Waals surface area contributed by atoms with Crippen LogP contribution in [0.5, 0.6) is 0 Å². The van der Waals surface area contributed by atoms with Crippen LogP contribution in [0.2, 0.25) is 0 Å². The smallest absolute Gasteiger partial charge is 0.369 e. The van der Waals surface area contributed by atoms with Gasteiger partial charge in [-0.15, -0.1) is 0 Å². The summed E-state index contributed by atoms with van der Waals surface area (Å²) in [5.41, 5.74) is 1.99. The van der Waals surface area contributed by atoms with Crippen LogP contribution >= 0.6 is 7.80 Å². The topological polar surface area (TPSA) is 86.7 Å². The number of carbonyl (C=O) groups excluding carboxylic acids is 1. The molecule has 8 heteroatoms. The van der Waals surface area contributed by atoms with E-state index in [-0.39, 0.29) is 17.7 Å². The van der Waals surface area contributed by atoms with Gasteiger partial charge in [0.1, 0.15) is 5.92 Å². The summed E-state index contributed by atoms with van der Waals surface area (Å²) in [4.78, 5) is 12.3. The van der Waals surface area contributed by atoms with Crippen molar-refractivity contribution in [2.75, 3.05) is 19.1 Å². The molecule has 2 unspecified atom stereocenters. The molecule has 2 atom stereocenters. The number of ether oxygens (including phenoxy) is 1. The van der Waals surface area contributed by atoms with Crippen molar-refractivity contribution in [3.8, 4) is 0 Å². The van der Waals surface area contributed by atoms with Crippen LogP contribution in [0, 0.1) is 12.8 Å². The molecule has 0 fully saturated rings. The summed E-state index contributed by atoms with van der Waals surface area (Å²) in [6.45, 7) is 3.79. The third-order valence-electron chi connectivity index (χ3n) is 4.33. The quantitative estimate of drug-likeness (QED) is 0.296. The van der Waals surface area contributed by atoms with E-state index in [1.165, 1.54) is 12.1 Å². The minimum absolute atomic E-state index is 0.0116. The second-order valence-corrected chi connectivity index (χ2v) is 9.85. The monoisotopic (exact) mass is 437 g/mol. The Morgan fingerprint density at radius 3 is 2.34 bits per heavy atom. The van der Waals surface area contributed by atoms with E-state index >= 15 is 0 Å². The second kappa shape index (κ2) is 11.2. The van der Waals surface area contributed by atoms with Crippen LogP contribution in [-0.4, -0.2) is 33.5 Å². The highest BCUT2D eigenvalue weighted by Gasteiger charge is 2.31. The minimum atomic E-state index is -3.99. The fourth-order valence-corrected chi connectivity index (χ4v) is 5.29. The van der Waals surface area contributed by atoms with Crippen molar-refractivity contribution >= 4 is 23.9 Å². The lowest BCUT2D eigenvalue weighted by atomic mass is 10.0. The highest BCUT2D eigenvalue weighted by atomic mass is 32.2. The summed E-state index contributed by atoms with van der Waals surface area (Å²) in [5.74, 6) is -1.00. The Labute approximate surface area is 173 Å². The number of benzene rings is 2. The van der Waals surface area contributed by atoms with Crippen LogP contribution in [0.3, 0.4) is 0 Å². The molecule has 2 rings (SSSR count). The SMILES string of the molecule is CCOC(=O)C(CCc1ccccc1)C[P+](=O)COS(=O)(=O)c1ccc(C)cc1. The first-order chi connectivity index (χ1) is 13.8. The first-order valence-electron chi connectivity index (χ1n) is 9.40. The Hall–Kier alpha value is -2.08. The molecule has 2 aromatic carbocycles. The lowest BCUT2D eigenvalue weighted by Gasteiger charge is -2.11. The van der Waals surface area contributed by atoms with Crippen molar-refractivity contribution < 1.29 is 26.7 Å². The molecule has 0 aromatic heterocycles. The molecule has 0 aliphatic rings. The first kappa shape index (κ1) is 23.2. The number of aryl methyl sites for hydroxylation is 2. The van der Waals surface area contributed by atoms with E-state index in [1.807, 2.05) is 37.3 Å². The summed E-state index contributed by atoms with van der Waals surface area (Å²) in [5, 5.41) is 0. The van der Waals surface area contributed by atoms with Gasteiger partial charge >= 0.3 is 23.9 Å². The lowest BCUT2D eigenvalue weighted by Crippen LogP contribution is -2.21. The maximum absolute atomic E-state index is 12.5. The van der Waals surface area contributed by atoms with Gasteiger partial charge in [0.2, 0.25) is 0 Å². The third-order valence-corrected chi connectivity index (χ3v) is 7.05. The van der Waals surface area contributed by atoms with E-state index < -0.39 is 36.2 Å². The minimum Gasteiger partial charge on any atom is -0.466 e. The van der Waals surface area contributed by atoms with Crippen molar-refractivity contribution in [1.82, 2.24) is 0 Å². The van der Waals surface area contributed by atoms with Gasteiger partial charge in [0, 0.05) is 0 Å². The summed E-state index contributed by atoms with van der Waals surface area (Å²) < 4.78 is 47.0. The standard InChI is InChI=1S/C21H26O6PS/c1-3-26-21(22)19(12-11-18-7-5-4-6-8-18)15-28(23)16-27-29(24,25)20-13-9-17(2)10-14-20/h4-10,13-14,19H,3,11-12,15-16H2,1-2H3/q+1. The molecule has 2 aromatic rings. The number of hydrogen-bond donors (Lipinski definition) is 0. The highest BCUT2D eigenvalue weighted by Crippen LogP contribution is 2.29. The highest BCUT2D eigenvalue weighted by molar-refractivity contribution is 7.87. The molecule has 0 aliphatic carbocycles. The van der Waals surface area contributed by atoms with Crippen molar-refractivity contribution in [2.45, 2.75) is 31.6 Å². The zero-order chi connectivity index (χ0) is 21.3. The average Bonchev–Trinajstić information content (AvgIpc) is 2.71. The maximum atomic E-state index is 12.5. The van der Waals surface area contributed by atoms with Gasteiger partial charge in [-0.05, 0) is 44.4 Å². The number of hydrogen-bond acceptors (Lipinski definition) is 6. The molecule has 0 heterocycles. The van der Waals surface area contributed by atoms with Gasteiger partial charge in [-0.2, -0.15) is 8.42 Å². The molecule has 156 valence electrons. The van der Waals surface area contributed by atoms with E-state index in [1.54, 1.807) is 19.1 Å². The van der Waals surface area contributed by atoms with Gasteiger partial charge in [0.05, 0.1) is 11.5 Å². The normalized spacial score (nSPS) is 13.0. The van der Waals surface area contributed by atoms with Crippen LogP contribution in [0.4, 0.5) is 0 Å². The molecule has 6 nitrogen and oxygen atoms in total. The Morgan fingerprint density at radius 1 is 1.07 bits per heavy atom. The van der Waals surface area contributed by atoms with Crippen LogP contribution in [0.25, 0.3) is 0 Å². The van der Waals surface area contributed by atoms with E-state index in [9.17, 15) is 17.8 Å². The van der Waals surface area contributed by atoms with Crippen molar-refractivity contribution in [3.05, 3.63) is 65.7 Å². The van der Waals surface area contributed by atoms with Crippen molar-refractivity contribution in [1.29, 1.82) is 0 Å². The van der Waals surface area contributed by atoms with Crippen LogP contribution in [0.1, 0.15) is 24.5 Å². The molecule has 29 heavy (non-hydrogen) atoms. The van der Waals surface area contributed by atoms with E-state index in [0.717, 1.165) is 11.1 Å². The molecule has 0 N–H and O–H groups in total. The van der Waals surface area contributed by atoms with E-state index in [4.69, 9.17) is 8.92 Å². The van der Waals surface area contributed by atoms with Gasteiger partial charge in [0.25, 0.3) is 6.35 Å². The molecule has 0 saturated heterocycles. The van der Waals surface area contributed by atoms with Gasteiger partial charge in [0.15, 0.2) is 6.16 Å². The van der Waals surface area contributed by atoms with Gasteiger partial charge in [-0.1, -0.05) is 52.6 Å². The molecule has 0 amide bonds. The van der Waals surface area contributed by atoms with E-state index in [2.05, 4.69) is 0 Å². The van der Waals surface area contributed by atoms with Crippen LogP contribution in [-0.2, 0) is 34.8 Å². The Balaban J connectivity index is 1.95. The van der Waals surface area contributed by atoms with Gasteiger partial charge in [-0.25, -0.2) is 4.18 Å². The summed E-state index contributed by atoms with van der Waals surface area (Å²) in [6, 6.07) is 15.9. The lowest BCUT2D eigenvalue weighted by molar-refractivity contribution is -0.147. The van der Waals surface area contributed by atoms with Crippen LogP contribution < -0.4 is 0 Å². The maximum Gasteiger partial charge on any atom is 0.369 e. The molecule has 0 bridgehead atoms. The first-order valence-corrected chi connectivity index (χ1v) is 12.4. The fourth-order valence-electron chi connectivity index (χ4n) is 2.73. The summed E-state index contributed by atoms with van der Waals surface area (Å²) >= 11 is 0. The van der Waals surface area contributed by atoms with Crippen molar-refractivity contribution in [2.24, 2.45) is 5.92 Å². The number of rotatable bonds is 11. The van der Waals surface area contributed by atoms with Crippen LogP contribution in [0.15, 0.2) is 59.5 Å². The van der Waals surface area contributed by atoms with Gasteiger partial charge in [-0.3, -0.25) is 4.79 Å². The van der Waals surface area contributed by atoms with Crippen molar-refractivity contribution in [3.63, 3.8) is 0 Å². The Morgan fingerprint density at radius 2 is 1.72 bits per heavy atom. The van der Waals surface area contributed by atoms with Gasteiger partial charge < -0.3 is 4.74 Å². The molecule has 0 aliphatic heterocycles. The second-order valence-electron chi connectivity index (χ2n) is 6.65. The zero-order valence-corrected chi connectivity index (χ0v) is 18.3. The average molecular weight is 437 g/mol. The Bertz CT molecular complexity index is 910. The largest absolute Gasteiger partial charge is 0.466 e.